The van der Waals surface area contributed by atoms with E-state index in [-0.39, 0.29) is 17.5 Å². The third-order valence-electron chi connectivity index (χ3n) is 3.18. The number of hydrogen-bond donors (Lipinski definition) is 1. The molecular formula is C11H18N2O4S. The fourth-order valence-electron chi connectivity index (χ4n) is 2.13. The van der Waals surface area contributed by atoms with Crippen LogP contribution in [0.2, 0.25) is 0 Å². The van der Waals surface area contributed by atoms with Crippen LogP contribution in [-0.2, 0) is 21.3 Å². The van der Waals surface area contributed by atoms with E-state index in [2.05, 4.69) is 0 Å². The van der Waals surface area contributed by atoms with E-state index >= 15 is 0 Å². The van der Waals surface area contributed by atoms with E-state index in [1.165, 1.54) is 10.4 Å². The number of rotatable bonds is 4. The number of furan rings is 1. The quantitative estimate of drug-likeness (QED) is 0.862. The molecule has 0 bridgehead atoms. The van der Waals surface area contributed by atoms with Gasteiger partial charge in [0.2, 0.25) is 10.0 Å². The minimum atomic E-state index is -3.50. The summed E-state index contributed by atoms with van der Waals surface area (Å²) in [6, 6.07) is 1.50. The highest BCUT2D eigenvalue weighted by molar-refractivity contribution is 7.89. The van der Waals surface area contributed by atoms with Crippen LogP contribution >= 0.6 is 0 Å². The topological polar surface area (TPSA) is 85.8 Å². The van der Waals surface area contributed by atoms with Crippen LogP contribution in [0, 0.1) is 6.92 Å². The number of sulfonamides is 1. The van der Waals surface area contributed by atoms with Crippen LogP contribution in [0.4, 0.5) is 0 Å². The van der Waals surface area contributed by atoms with E-state index in [9.17, 15) is 8.42 Å². The second-order valence-corrected chi connectivity index (χ2v) is 6.25. The molecule has 0 saturated carbocycles. The maximum absolute atomic E-state index is 12.4. The van der Waals surface area contributed by atoms with E-state index < -0.39 is 10.0 Å². The van der Waals surface area contributed by atoms with Gasteiger partial charge < -0.3 is 14.9 Å². The van der Waals surface area contributed by atoms with E-state index in [1.54, 1.807) is 14.0 Å². The lowest BCUT2D eigenvalue weighted by Crippen LogP contribution is -2.30. The summed E-state index contributed by atoms with van der Waals surface area (Å²) in [5.41, 5.74) is 5.45. The highest BCUT2D eigenvalue weighted by atomic mass is 32.2. The average Bonchev–Trinajstić information content (AvgIpc) is 2.95. The number of ether oxygens (including phenoxy) is 1. The summed E-state index contributed by atoms with van der Waals surface area (Å²) in [4.78, 5) is 0.208. The maximum atomic E-state index is 12.4. The SMILES string of the molecule is COC1CCN(S(=O)(=O)c2cc(CN)oc2C)C1. The van der Waals surface area contributed by atoms with Gasteiger partial charge in [0.1, 0.15) is 16.4 Å². The van der Waals surface area contributed by atoms with Gasteiger partial charge in [-0.15, -0.1) is 0 Å². The zero-order chi connectivity index (χ0) is 13.3. The van der Waals surface area contributed by atoms with E-state index in [0.29, 0.717) is 24.6 Å². The molecule has 1 atom stereocenters. The predicted octanol–water partition coefficient (Wildman–Crippen LogP) is 0.456. The lowest BCUT2D eigenvalue weighted by Gasteiger charge is -2.15. The summed E-state index contributed by atoms with van der Waals surface area (Å²) >= 11 is 0. The van der Waals surface area contributed by atoms with Crippen LogP contribution < -0.4 is 5.73 Å². The third-order valence-corrected chi connectivity index (χ3v) is 5.16. The number of methoxy groups -OCH3 is 1. The fraction of sp³-hybridized carbons (Fsp3) is 0.636. The molecule has 2 heterocycles. The molecule has 7 heteroatoms. The number of nitrogens with zero attached hydrogens (tertiary/aromatic N) is 1. The zero-order valence-electron chi connectivity index (χ0n) is 10.5. The smallest absolute Gasteiger partial charge is 0.246 e. The Morgan fingerprint density at radius 3 is 2.83 bits per heavy atom. The van der Waals surface area contributed by atoms with Gasteiger partial charge in [-0.3, -0.25) is 0 Å². The van der Waals surface area contributed by atoms with Gasteiger partial charge in [-0.25, -0.2) is 8.42 Å². The van der Waals surface area contributed by atoms with Crippen LogP contribution in [0.25, 0.3) is 0 Å². The van der Waals surface area contributed by atoms with Crippen molar-refractivity contribution >= 4 is 10.0 Å². The van der Waals surface area contributed by atoms with Gasteiger partial charge in [0.25, 0.3) is 0 Å². The molecule has 1 fully saturated rings. The minimum Gasteiger partial charge on any atom is -0.464 e. The molecule has 1 aromatic rings. The maximum Gasteiger partial charge on any atom is 0.246 e. The van der Waals surface area contributed by atoms with Gasteiger partial charge in [-0.2, -0.15) is 4.31 Å². The van der Waals surface area contributed by atoms with Gasteiger partial charge >= 0.3 is 0 Å². The van der Waals surface area contributed by atoms with Crippen LogP contribution in [0.3, 0.4) is 0 Å². The monoisotopic (exact) mass is 274 g/mol. The first kappa shape index (κ1) is 13.5. The van der Waals surface area contributed by atoms with Crippen molar-refractivity contribution in [1.82, 2.24) is 4.31 Å². The molecule has 1 unspecified atom stereocenters. The molecule has 102 valence electrons. The first-order valence-corrected chi connectivity index (χ1v) is 7.25. The summed E-state index contributed by atoms with van der Waals surface area (Å²) in [6.45, 7) is 2.69. The Labute approximate surface area is 107 Å². The molecule has 0 spiro atoms. The second-order valence-electron chi connectivity index (χ2n) is 4.35. The van der Waals surface area contributed by atoms with Crippen LogP contribution in [0.1, 0.15) is 17.9 Å². The lowest BCUT2D eigenvalue weighted by atomic mass is 10.3. The van der Waals surface area contributed by atoms with Crippen molar-refractivity contribution in [2.45, 2.75) is 30.9 Å². The molecule has 2 N–H and O–H groups in total. The number of aryl methyl sites for hydroxylation is 1. The molecule has 6 nitrogen and oxygen atoms in total. The van der Waals surface area contributed by atoms with Gasteiger partial charge in [-0.1, -0.05) is 0 Å². The van der Waals surface area contributed by atoms with E-state index in [1.807, 2.05) is 0 Å². The van der Waals surface area contributed by atoms with Crippen molar-refractivity contribution < 1.29 is 17.6 Å². The largest absolute Gasteiger partial charge is 0.464 e. The summed E-state index contributed by atoms with van der Waals surface area (Å²) < 4.78 is 36.7. The lowest BCUT2D eigenvalue weighted by molar-refractivity contribution is 0.115. The van der Waals surface area contributed by atoms with Crippen LogP contribution in [0.5, 0.6) is 0 Å². The molecule has 2 rings (SSSR count). The van der Waals surface area contributed by atoms with Gasteiger partial charge in [0.05, 0.1) is 12.6 Å². The Kier molecular flexibility index (Phi) is 3.76. The highest BCUT2D eigenvalue weighted by Gasteiger charge is 2.34. The summed E-state index contributed by atoms with van der Waals surface area (Å²) in [6.07, 6.45) is 0.692. The minimum absolute atomic E-state index is 0.0269. The Morgan fingerprint density at radius 2 is 2.33 bits per heavy atom. The standard InChI is InChI=1S/C11H18N2O4S/c1-8-11(5-10(6-12)17-8)18(14,15)13-4-3-9(7-13)16-2/h5,9H,3-4,6-7,12H2,1-2H3. The fourth-order valence-corrected chi connectivity index (χ4v) is 3.80. The third kappa shape index (κ3) is 2.31. The first-order chi connectivity index (χ1) is 8.48. The summed E-state index contributed by atoms with van der Waals surface area (Å²) in [7, 11) is -1.90. The van der Waals surface area contributed by atoms with Crippen molar-refractivity contribution in [2.75, 3.05) is 20.2 Å². The van der Waals surface area contributed by atoms with Crippen molar-refractivity contribution in [1.29, 1.82) is 0 Å². The first-order valence-electron chi connectivity index (χ1n) is 5.81. The Hall–Kier alpha value is -0.890. The molecule has 0 radical (unpaired) electrons. The van der Waals surface area contributed by atoms with Crippen molar-refractivity contribution in [2.24, 2.45) is 5.73 Å². The van der Waals surface area contributed by atoms with Gasteiger partial charge in [0.15, 0.2) is 0 Å². The summed E-state index contributed by atoms with van der Waals surface area (Å²) in [5.74, 6) is 0.866. The molecular weight excluding hydrogens is 256 g/mol. The number of nitrogens with two attached hydrogens (primary N) is 1. The number of hydrogen-bond acceptors (Lipinski definition) is 5. The molecule has 0 aromatic carbocycles. The average molecular weight is 274 g/mol. The van der Waals surface area contributed by atoms with Gasteiger partial charge in [-0.05, 0) is 13.3 Å². The highest BCUT2D eigenvalue weighted by Crippen LogP contribution is 2.26. The van der Waals surface area contributed by atoms with Gasteiger partial charge in [0, 0.05) is 26.3 Å². The van der Waals surface area contributed by atoms with E-state index in [0.717, 1.165) is 6.42 Å². The van der Waals surface area contributed by atoms with Crippen molar-refractivity contribution in [3.63, 3.8) is 0 Å². The molecule has 0 aliphatic carbocycles. The molecule has 1 aliphatic heterocycles. The Morgan fingerprint density at radius 1 is 1.61 bits per heavy atom. The van der Waals surface area contributed by atoms with Crippen LogP contribution in [-0.4, -0.2) is 39.0 Å². The zero-order valence-corrected chi connectivity index (χ0v) is 11.4. The van der Waals surface area contributed by atoms with E-state index in [4.69, 9.17) is 14.9 Å². The molecule has 1 aliphatic rings. The predicted molar refractivity (Wildman–Crippen MR) is 65.5 cm³/mol. The Bertz CT molecular complexity index is 523. The second kappa shape index (κ2) is 5.00. The molecule has 18 heavy (non-hydrogen) atoms. The normalized spacial score (nSPS) is 21.6. The summed E-state index contributed by atoms with van der Waals surface area (Å²) in [5, 5.41) is 0. The van der Waals surface area contributed by atoms with Crippen LogP contribution in [0.15, 0.2) is 15.4 Å². The Balaban J connectivity index is 2.28. The van der Waals surface area contributed by atoms with Crippen molar-refractivity contribution in [3.05, 3.63) is 17.6 Å². The van der Waals surface area contributed by atoms with Crippen molar-refractivity contribution in [3.8, 4) is 0 Å². The molecule has 1 aromatic heterocycles. The molecule has 1 saturated heterocycles. The molecule has 0 amide bonds.